The van der Waals surface area contributed by atoms with Crippen LogP contribution in [0.15, 0.2) is 24.3 Å². The molecule has 1 heteroatoms. The molecule has 0 bridgehead atoms. The van der Waals surface area contributed by atoms with Gasteiger partial charge in [-0.3, -0.25) is 0 Å². The van der Waals surface area contributed by atoms with Crippen LogP contribution in [0.25, 0.3) is 0 Å². The van der Waals surface area contributed by atoms with Gasteiger partial charge in [0, 0.05) is 13.2 Å². The number of unbranched alkanes of at least 4 members (excludes halogenated alkanes) is 1. The van der Waals surface area contributed by atoms with Crippen molar-refractivity contribution >= 4 is 0 Å². The molecule has 1 aromatic rings. The number of hydrogen-bond acceptors (Lipinski definition) is 1. The van der Waals surface area contributed by atoms with E-state index >= 15 is 0 Å². The summed E-state index contributed by atoms with van der Waals surface area (Å²) in [6.07, 6.45) is 20.8. The van der Waals surface area contributed by atoms with Gasteiger partial charge in [0.05, 0.1) is 0 Å². The summed E-state index contributed by atoms with van der Waals surface area (Å²) < 4.78 is 5.93. The third kappa shape index (κ3) is 7.43. The number of rotatable bonds is 10. The van der Waals surface area contributed by atoms with Crippen molar-refractivity contribution in [3.05, 3.63) is 35.4 Å². The molecular formula is C25H40O. The Bertz CT molecular complexity index is 481. The molecule has 0 aliphatic heterocycles. The topological polar surface area (TPSA) is 9.23 Å². The summed E-state index contributed by atoms with van der Waals surface area (Å²) in [5, 5.41) is 0. The molecule has 0 unspecified atom stereocenters. The summed E-state index contributed by atoms with van der Waals surface area (Å²) >= 11 is 0. The molecule has 0 spiro atoms. The van der Waals surface area contributed by atoms with Gasteiger partial charge in [-0.15, -0.1) is 0 Å². The van der Waals surface area contributed by atoms with Crippen molar-refractivity contribution in [3.63, 3.8) is 0 Å². The quantitative estimate of drug-likeness (QED) is 0.320. The highest BCUT2D eigenvalue weighted by atomic mass is 16.5. The lowest BCUT2D eigenvalue weighted by atomic mass is 9.96. The van der Waals surface area contributed by atoms with Gasteiger partial charge in [0.15, 0.2) is 0 Å². The number of ether oxygens (including phenoxy) is 1. The Morgan fingerprint density at radius 3 is 2.23 bits per heavy atom. The molecule has 1 nitrogen and oxygen atoms in total. The molecule has 3 rings (SSSR count). The molecule has 1 aromatic carbocycles. The minimum Gasteiger partial charge on any atom is -0.381 e. The van der Waals surface area contributed by atoms with Crippen LogP contribution in [0.4, 0.5) is 0 Å². The highest BCUT2D eigenvalue weighted by Crippen LogP contribution is 2.28. The van der Waals surface area contributed by atoms with Crippen molar-refractivity contribution in [1.82, 2.24) is 0 Å². The first kappa shape index (κ1) is 19.9. The maximum atomic E-state index is 5.93. The zero-order valence-electron chi connectivity index (χ0n) is 16.9. The third-order valence-corrected chi connectivity index (χ3v) is 6.64. The average molecular weight is 357 g/mol. The molecule has 2 aliphatic rings. The summed E-state index contributed by atoms with van der Waals surface area (Å²) in [7, 11) is 0. The lowest BCUT2D eigenvalue weighted by Gasteiger charge is -2.13. The molecule has 0 amide bonds. The Morgan fingerprint density at radius 1 is 0.731 bits per heavy atom. The van der Waals surface area contributed by atoms with Gasteiger partial charge in [-0.1, -0.05) is 88.5 Å². The molecule has 2 fully saturated rings. The van der Waals surface area contributed by atoms with Crippen molar-refractivity contribution in [2.45, 2.75) is 96.3 Å². The molecule has 0 saturated heterocycles. The van der Waals surface area contributed by atoms with E-state index in [4.69, 9.17) is 4.74 Å². The molecule has 2 aliphatic carbocycles. The highest BCUT2D eigenvalue weighted by Gasteiger charge is 2.15. The lowest BCUT2D eigenvalue weighted by molar-refractivity contribution is 0.114. The summed E-state index contributed by atoms with van der Waals surface area (Å²) in [4.78, 5) is 0. The molecule has 2 saturated carbocycles. The van der Waals surface area contributed by atoms with Crippen LogP contribution in [-0.2, 0) is 17.6 Å². The predicted molar refractivity (Wildman–Crippen MR) is 112 cm³/mol. The van der Waals surface area contributed by atoms with Crippen molar-refractivity contribution < 1.29 is 4.74 Å². The first-order chi connectivity index (χ1) is 12.9. The molecule has 146 valence electrons. The number of hydrogen-bond donors (Lipinski definition) is 0. The number of aryl methyl sites for hydroxylation is 1. The first-order valence-electron chi connectivity index (χ1n) is 11.6. The molecule has 26 heavy (non-hydrogen) atoms. The Balaban J connectivity index is 1.24. The average Bonchev–Trinajstić information content (AvgIpc) is 3.02. The second-order valence-corrected chi connectivity index (χ2v) is 8.89. The van der Waals surface area contributed by atoms with Crippen LogP contribution in [0.2, 0.25) is 0 Å². The second kappa shape index (κ2) is 11.8. The van der Waals surface area contributed by atoms with E-state index in [0.29, 0.717) is 0 Å². The predicted octanol–water partition coefficient (Wildman–Crippen LogP) is 7.12. The Hall–Kier alpha value is -0.820. The van der Waals surface area contributed by atoms with E-state index in [0.717, 1.165) is 25.0 Å². The fourth-order valence-electron chi connectivity index (χ4n) is 5.00. The van der Waals surface area contributed by atoms with Gasteiger partial charge in [-0.05, 0) is 55.1 Å². The summed E-state index contributed by atoms with van der Waals surface area (Å²) in [5.41, 5.74) is 3.09. The maximum Gasteiger partial charge on any atom is 0.0468 e. The van der Waals surface area contributed by atoms with Gasteiger partial charge in [-0.25, -0.2) is 0 Å². The third-order valence-electron chi connectivity index (χ3n) is 6.64. The van der Waals surface area contributed by atoms with Crippen LogP contribution in [0.1, 0.15) is 94.6 Å². The number of benzene rings is 1. The molecule has 0 heterocycles. The van der Waals surface area contributed by atoms with Gasteiger partial charge in [0.1, 0.15) is 0 Å². The first-order valence-corrected chi connectivity index (χ1v) is 11.6. The molecule has 0 aromatic heterocycles. The van der Waals surface area contributed by atoms with E-state index < -0.39 is 0 Å². The SMILES string of the molecule is c1cc(CCCCOCCC2CCCCCC2)cc(CC2CCCC2)c1. The fraction of sp³-hybridized carbons (Fsp3) is 0.760. The van der Waals surface area contributed by atoms with E-state index in [-0.39, 0.29) is 0 Å². The minimum absolute atomic E-state index is 0.945. The van der Waals surface area contributed by atoms with E-state index in [1.807, 2.05) is 0 Å². The van der Waals surface area contributed by atoms with Crippen molar-refractivity contribution in [3.8, 4) is 0 Å². The maximum absolute atomic E-state index is 5.93. The monoisotopic (exact) mass is 356 g/mol. The van der Waals surface area contributed by atoms with Gasteiger partial charge in [0.25, 0.3) is 0 Å². The van der Waals surface area contributed by atoms with Crippen LogP contribution in [-0.4, -0.2) is 13.2 Å². The van der Waals surface area contributed by atoms with Crippen molar-refractivity contribution in [2.75, 3.05) is 13.2 Å². The van der Waals surface area contributed by atoms with Gasteiger partial charge < -0.3 is 4.74 Å². The normalized spacial score (nSPS) is 19.7. The van der Waals surface area contributed by atoms with Crippen LogP contribution in [0.3, 0.4) is 0 Å². The van der Waals surface area contributed by atoms with Crippen molar-refractivity contribution in [1.29, 1.82) is 0 Å². The van der Waals surface area contributed by atoms with E-state index in [1.165, 1.54) is 102 Å². The zero-order chi connectivity index (χ0) is 17.9. The van der Waals surface area contributed by atoms with Gasteiger partial charge in [-0.2, -0.15) is 0 Å². The smallest absolute Gasteiger partial charge is 0.0468 e. The van der Waals surface area contributed by atoms with E-state index in [2.05, 4.69) is 24.3 Å². The van der Waals surface area contributed by atoms with Crippen molar-refractivity contribution in [2.24, 2.45) is 11.8 Å². The van der Waals surface area contributed by atoms with E-state index in [1.54, 1.807) is 5.56 Å². The second-order valence-electron chi connectivity index (χ2n) is 8.89. The zero-order valence-corrected chi connectivity index (χ0v) is 16.9. The molecule has 0 atom stereocenters. The van der Waals surface area contributed by atoms with Gasteiger partial charge in [0.2, 0.25) is 0 Å². The van der Waals surface area contributed by atoms with Gasteiger partial charge >= 0.3 is 0 Å². The molecule has 0 N–H and O–H groups in total. The summed E-state index contributed by atoms with van der Waals surface area (Å²) in [6.45, 7) is 1.94. The summed E-state index contributed by atoms with van der Waals surface area (Å²) in [6, 6.07) is 9.37. The largest absolute Gasteiger partial charge is 0.381 e. The lowest BCUT2D eigenvalue weighted by Crippen LogP contribution is -2.05. The Morgan fingerprint density at radius 2 is 1.42 bits per heavy atom. The molecule has 0 radical (unpaired) electrons. The highest BCUT2D eigenvalue weighted by molar-refractivity contribution is 5.24. The standard InChI is InChI=1S/C25H40O/c1-2-4-11-22(10-3-1)17-19-26-18-8-7-14-24-15-9-16-25(21-24)20-23-12-5-6-13-23/h9,15-16,21-23H,1-8,10-14,17-20H2. The van der Waals surface area contributed by atoms with Crippen LogP contribution in [0.5, 0.6) is 0 Å². The Kier molecular flexibility index (Phi) is 9.05. The van der Waals surface area contributed by atoms with Crippen LogP contribution in [0, 0.1) is 11.8 Å². The minimum atomic E-state index is 0.945. The van der Waals surface area contributed by atoms with Crippen LogP contribution < -0.4 is 0 Å². The fourth-order valence-corrected chi connectivity index (χ4v) is 5.00. The van der Waals surface area contributed by atoms with Crippen LogP contribution >= 0.6 is 0 Å². The molecular weight excluding hydrogens is 316 g/mol. The van der Waals surface area contributed by atoms with E-state index in [9.17, 15) is 0 Å². The Labute approximate surface area is 161 Å². The summed E-state index contributed by atoms with van der Waals surface area (Å²) in [5.74, 6) is 1.90.